The molecule has 20 heavy (non-hydrogen) atoms. The van der Waals surface area contributed by atoms with Crippen LogP contribution in [0.15, 0.2) is 12.1 Å². The van der Waals surface area contributed by atoms with E-state index >= 15 is 0 Å². The number of hydrogen-bond acceptors (Lipinski definition) is 6. The molecular formula is C13H21N3O4. The van der Waals surface area contributed by atoms with Crippen molar-refractivity contribution in [3.8, 4) is 11.5 Å². The molecule has 0 aliphatic heterocycles. The van der Waals surface area contributed by atoms with Crippen LogP contribution < -0.4 is 20.5 Å². The van der Waals surface area contributed by atoms with Crippen LogP contribution in [0.2, 0.25) is 0 Å². The lowest BCUT2D eigenvalue weighted by atomic mass is 10.0. The van der Waals surface area contributed by atoms with Gasteiger partial charge in [0.15, 0.2) is 11.5 Å². The van der Waals surface area contributed by atoms with Gasteiger partial charge >= 0.3 is 0 Å². The Kier molecular flexibility index (Phi) is 5.57. The Balaban J connectivity index is 3.25. The number of nitrogens with one attached hydrogen (secondary N) is 1. The van der Waals surface area contributed by atoms with Gasteiger partial charge in [-0.1, -0.05) is 13.8 Å². The summed E-state index contributed by atoms with van der Waals surface area (Å²) in [6, 6.07) is 2.84. The number of nitrogens with zero attached hydrogens (tertiary/aromatic N) is 1. The lowest BCUT2D eigenvalue weighted by molar-refractivity contribution is -0.384. The maximum absolute atomic E-state index is 11.2. The van der Waals surface area contributed by atoms with Gasteiger partial charge in [0.2, 0.25) is 0 Å². The molecule has 0 aliphatic carbocycles. The van der Waals surface area contributed by atoms with E-state index in [1.165, 1.54) is 20.3 Å². The Hall–Kier alpha value is -2.02. The number of anilines is 1. The van der Waals surface area contributed by atoms with Gasteiger partial charge in [0, 0.05) is 18.7 Å². The van der Waals surface area contributed by atoms with Gasteiger partial charge in [-0.2, -0.15) is 0 Å². The zero-order valence-electron chi connectivity index (χ0n) is 12.2. The highest BCUT2D eigenvalue weighted by molar-refractivity contribution is 5.68. The van der Waals surface area contributed by atoms with E-state index in [0.717, 1.165) is 0 Å². The zero-order valence-corrected chi connectivity index (χ0v) is 12.2. The van der Waals surface area contributed by atoms with Crippen LogP contribution in [0.25, 0.3) is 0 Å². The second kappa shape index (κ2) is 6.95. The van der Waals surface area contributed by atoms with Crippen LogP contribution in [0.3, 0.4) is 0 Å². The van der Waals surface area contributed by atoms with E-state index in [0.29, 0.717) is 23.7 Å². The van der Waals surface area contributed by atoms with E-state index in [4.69, 9.17) is 15.2 Å². The SMILES string of the molecule is COc1cc(NC(CN)C(C)C)c([N+](=O)[O-])cc1OC. The van der Waals surface area contributed by atoms with E-state index in [1.54, 1.807) is 6.07 Å². The number of benzene rings is 1. The molecule has 0 spiro atoms. The Morgan fingerprint density at radius 1 is 1.30 bits per heavy atom. The van der Waals surface area contributed by atoms with Crippen molar-refractivity contribution in [2.24, 2.45) is 11.7 Å². The Morgan fingerprint density at radius 3 is 2.25 bits per heavy atom. The second-order valence-corrected chi connectivity index (χ2v) is 4.71. The topological polar surface area (TPSA) is 99.7 Å². The molecule has 7 heteroatoms. The normalized spacial score (nSPS) is 12.1. The van der Waals surface area contributed by atoms with Crippen molar-refractivity contribution in [1.82, 2.24) is 0 Å². The summed E-state index contributed by atoms with van der Waals surface area (Å²) in [5.41, 5.74) is 5.99. The highest BCUT2D eigenvalue weighted by Gasteiger charge is 2.22. The maximum atomic E-state index is 11.2. The van der Waals surface area contributed by atoms with Crippen LogP contribution in [0.1, 0.15) is 13.8 Å². The Morgan fingerprint density at radius 2 is 1.85 bits per heavy atom. The molecule has 0 bridgehead atoms. The number of nitro benzene ring substituents is 1. The molecule has 0 saturated heterocycles. The third kappa shape index (κ3) is 3.51. The van der Waals surface area contributed by atoms with E-state index in [2.05, 4.69) is 5.32 Å². The minimum Gasteiger partial charge on any atom is -0.493 e. The van der Waals surface area contributed by atoms with Gasteiger partial charge in [-0.25, -0.2) is 0 Å². The Bertz CT molecular complexity index is 477. The molecule has 0 aliphatic rings. The summed E-state index contributed by atoms with van der Waals surface area (Å²) in [6.07, 6.45) is 0. The predicted molar refractivity (Wildman–Crippen MR) is 77.5 cm³/mol. The maximum Gasteiger partial charge on any atom is 0.296 e. The molecule has 1 aromatic carbocycles. The molecule has 0 amide bonds. The third-order valence-corrected chi connectivity index (χ3v) is 3.10. The molecule has 1 atom stereocenters. The lowest BCUT2D eigenvalue weighted by Gasteiger charge is -2.22. The lowest BCUT2D eigenvalue weighted by Crippen LogP contribution is -2.33. The number of rotatable bonds is 7. The van der Waals surface area contributed by atoms with E-state index in [-0.39, 0.29) is 17.6 Å². The quantitative estimate of drug-likeness (QED) is 0.586. The fourth-order valence-electron chi connectivity index (χ4n) is 1.83. The molecule has 3 N–H and O–H groups in total. The van der Waals surface area contributed by atoms with Crippen molar-refractivity contribution in [2.45, 2.75) is 19.9 Å². The largest absolute Gasteiger partial charge is 0.493 e. The molecule has 1 aromatic rings. The molecule has 0 saturated carbocycles. The van der Waals surface area contributed by atoms with Gasteiger partial charge in [0.25, 0.3) is 5.69 Å². The molecule has 7 nitrogen and oxygen atoms in total. The molecule has 0 heterocycles. The van der Waals surface area contributed by atoms with Gasteiger partial charge in [0.05, 0.1) is 25.2 Å². The van der Waals surface area contributed by atoms with Crippen molar-refractivity contribution < 1.29 is 14.4 Å². The van der Waals surface area contributed by atoms with Crippen LogP contribution in [0.5, 0.6) is 11.5 Å². The van der Waals surface area contributed by atoms with Gasteiger partial charge in [-0.05, 0) is 5.92 Å². The first-order valence-electron chi connectivity index (χ1n) is 6.31. The highest BCUT2D eigenvalue weighted by atomic mass is 16.6. The first kappa shape index (κ1) is 16.0. The molecule has 1 unspecified atom stereocenters. The van der Waals surface area contributed by atoms with E-state index in [9.17, 15) is 10.1 Å². The number of ether oxygens (including phenoxy) is 2. The fourth-order valence-corrected chi connectivity index (χ4v) is 1.83. The summed E-state index contributed by atoms with van der Waals surface area (Å²) < 4.78 is 10.2. The number of methoxy groups -OCH3 is 2. The van der Waals surface area contributed by atoms with Gasteiger partial charge in [-0.3, -0.25) is 10.1 Å². The number of nitrogens with two attached hydrogens (primary N) is 1. The van der Waals surface area contributed by atoms with Crippen LogP contribution in [-0.4, -0.2) is 31.7 Å². The first-order chi connectivity index (χ1) is 9.44. The minimum absolute atomic E-state index is 0.0631. The molecule has 112 valence electrons. The monoisotopic (exact) mass is 283 g/mol. The van der Waals surface area contributed by atoms with Crippen LogP contribution >= 0.6 is 0 Å². The van der Waals surface area contributed by atoms with Crippen molar-refractivity contribution in [2.75, 3.05) is 26.1 Å². The van der Waals surface area contributed by atoms with Crippen molar-refractivity contribution >= 4 is 11.4 Å². The van der Waals surface area contributed by atoms with Crippen LogP contribution in [-0.2, 0) is 0 Å². The highest BCUT2D eigenvalue weighted by Crippen LogP contribution is 2.38. The van der Waals surface area contributed by atoms with E-state index < -0.39 is 4.92 Å². The van der Waals surface area contributed by atoms with Crippen LogP contribution in [0.4, 0.5) is 11.4 Å². The summed E-state index contributed by atoms with van der Waals surface area (Å²) in [4.78, 5) is 10.7. The average molecular weight is 283 g/mol. The van der Waals surface area contributed by atoms with Crippen molar-refractivity contribution in [3.05, 3.63) is 22.2 Å². The fraction of sp³-hybridized carbons (Fsp3) is 0.538. The number of hydrogen-bond donors (Lipinski definition) is 2. The molecule has 0 aromatic heterocycles. The smallest absolute Gasteiger partial charge is 0.296 e. The molecule has 0 fully saturated rings. The number of nitro groups is 1. The second-order valence-electron chi connectivity index (χ2n) is 4.71. The first-order valence-corrected chi connectivity index (χ1v) is 6.31. The molecule has 0 radical (unpaired) electrons. The third-order valence-electron chi connectivity index (χ3n) is 3.10. The zero-order chi connectivity index (χ0) is 15.3. The summed E-state index contributed by atoms with van der Waals surface area (Å²) in [5, 5.41) is 14.3. The summed E-state index contributed by atoms with van der Waals surface area (Å²) in [7, 11) is 2.92. The van der Waals surface area contributed by atoms with Gasteiger partial charge in [-0.15, -0.1) is 0 Å². The summed E-state index contributed by atoms with van der Waals surface area (Å²) >= 11 is 0. The van der Waals surface area contributed by atoms with E-state index in [1.807, 2.05) is 13.8 Å². The predicted octanol–water partition coefficient (Wildman–Crippen LogP) is 2.01. The van der Waals surface area contributed by atoms with Crippen molar-refractivity contribution in [1.29, 1.82) is 0 Å². The molecular weight excluding hydrogens is 262 g/mol. The van der Waals surface area contributed by atoms with Gasteiger partial charge in [0.1, 0.15) is 5.69 Å². The standard InChI is InChI=1S/C13H21N3O4/c1-8(2)10(7-14)15-9-5-12(19-3)13(20-4)6-11(9)16(17)18/h5-6,8,10,15H,7,14H2,1-4H3. The van der Waals surface area contributed by atoms with Gasteiger partial charge < -0.3 is 20.5 Å². The average Bonchev–Trinajstić information content (AvgIpc) is 2.43. The minimum atomic E-state index is -0.460. The summed E-state index contributed by atoms with van der Waals surface area (Å²) in [6.45, 7) is 4.37. The summed E-state index contributed by atoms with van der Waals surface area (Å²) in [5.74, 6) is 0.992. The Labute approximate surface area is 118 Å². The van der Waals surface area contributed by atoms with Crippen molar-refractivity contribution in [3.63, 3.8) is 0 Å². The van der Waals surface area contributed by atoms with Crippen LogP contribution in [0, 0.1) is 16.0 Å². The molecule has 1 rings (SSSR count).